The molecule has 1 aliphatic rings. The number of aromatic amines is 1. The highest BCUT2D eigenvalue weighted by atomic mass is 19.1. The van der Waals surface area contributed by atoms with Gasteiger partial charge in [-0.15, -0.1) is 0 Å². The standard InChI is InChI=1S/C21H19FN4O2/c22-16-3-1-2-13(10-16)11-19(27)26-9-8-17-18(12-26)25-21(24-17)15-6-4-14(5-7-15)20(23)28/h1-7,10H,8-9,11-12H2,(H2,23,28)(H,24,25). The number of imidazole rings is 1. The van der Waals surface area contributed by atoms with Crippen LogP contribution in [0, 0.1) is 5.82 Å². The first-order valence-electron chi connectivity index (χ1n) is 9.00. The Morgan fingerprint density at radius 3 is 2.68 bits per heavy atom. The first kappa shape index (κ1) is 17.9. The number of halogens is 1. The number of benzene rings is 2. The molecule has 142 valence electrons. The third-order valence-corrected chi connectivity index (χ3v) is 4.87. The summed E-state index contributed by atoms with van der Waals surface area (Å²) in [6, 6.07) is 13.0. The number of aromatic nitrogens is 2. The zero-order valence-corrected chi connectivity index (χ0v) is 15.1. The van der Waals surface area contributed by atoms with Crippen molar-refractivity contribution in [1.29, 1.82) is 0 Å². The van der Waals surface area contributed by atoms with Gasteiger partial charge in [0.25, 0.3) is 0 Å². The summed E-state index contributed by atoms with van der Waals surface area (Å²) < 4.78 is 13.3. The minimum Gasteiger partial charge on any atom is -0.366 e. The lowest BCUT2D eigenvalue weighted by atomic mass is 10.1. The molecule has 0 fully saturated rings. The Hall–Kier alpha value is -3.48. The van der Waals surface area contributed by atoms with Crippen LogP contribution >= 0.6 is 0 Å². The normalized spacial score (nSPS) is 13.2. The maximum atomic E-state index is 13.3. The van der Waals surface area contributed by atoms with Gasteiger partial charge in [0.2, 0.25) is 11.8 Å². The molecule has 2 amide bonds. The van der Waals surface area contributed by atoms with Crippen LogP contribution in [-0.4, -0.2) is 33.2 Å². The zero-order chi connectivity index (χ0) is 19.7. The van der Waals surface area contributed by atoms with Gasteiger partial charge >= 0.3 is 0 Å². The quantitative estimate of drug-likeness (QED) is 0.730. The third-order valence-electron chi connectivity index (χ3n) is 4.87. The van der Waals surface area contributed by atoms with Gasteiger partial charge in [0, 0.05) is 24.1 Å². The van der Waals surface area contributed by atoms with Gasteiger partial charge in [-0.05, 0) is 29.8 Å². The maximum Gasteiger partial charge on any atom is 0.248 e. The molecule has 0 spiro atoms. The van der Waals surface area contributed by atoms with E-state index in [-0.39, 0.29) is 18.1 Å². The van der Waals surface area contributed by atoms with Crippen molar-refractivity contribution < 1.29 is 14.0 Å². The number of nitrogens with two attached hydrogens (primary N) is 1. The second-order valence-electron chi connectivity index (χ2n) is 6.82. The minimum atomic E-state index is -0.474. The summed E-state index contributed by atoms with van der Waals surface area (Å²) in [6.45, 7) is 1.02. The second-order valence-corrected chi connectivity index (χ2v) is 6.82. The summed E-state index contributed by atoms with van der Waals surface area (Å²) in [5, 5.41) is 0. The molecule has 2 aromatic carbocycles. The minimum absolute atomic E-state index is 0.0433. The van der Waals surface area contributed by atoms with Crippen molar-refractivity contribution in [1.82, 2.24) is 14.9 Å². The molecule has 0 unspecified atom stereocenters. The van der Waals surface area contributed by atoms with Gasteiger partial charge in [0.15, 0.2) is 0 Å². The number of carbonyl (C=O) groups is 2. The predicted molar refractivity (Wildman–Crippen MR) is 102 cm³/mol. The molecule has 0 aliphatic carbocycles. The molecular weight excluding hydrogens is 359 g/mol. The number of primary amides is 1. The largest absolute Gasteiger partial charge is 0.366 e. The third kappa shape index (κ3) is 3.64. The van der Waals surface area contributed by atoms with Crippen LogP contribution in [0.15, 0.2) is 48.5 Å². The van der Waals surface area contributed by atoms with E-state index in [4.69, 9.17) is 5.73 Å². The smallest absolute Gasteiger partial charge is 0.248 e. The number of hydrogen-bond acceptors (Lipinski definition) is 3. The summed E-state index contributed by atoms with van der Waals surface area (Å²) in [7, 11) is 0. The number of fused-ring (bicyclic) bond motifs is 1. The number of H-pyrrole nitrogens is 1. The molecule has 3 N–H and O–H groups in total. The number of nitrogens with zero attached hydrogens (tertiary/aromatic N) is 2. The summed E-state index contributed by atoms with van der Waals surface area (Å²) >= 11 is 0. The fourth-order valence-electron chi connectivity index (χ4n) is 3.37. The highest BCUT2D eigenvalue weighted by Crippen LogP contribution is 2.23. The van der Waals surface area contributed by atoms with Crippen molar-refractivity contribution in [2.24, 2.45) is 5.73 Å². The van der Waals surface area contributed by atoms with E-state index >= 15 is 0 Å². The van der Waals surface area contributed by atoms with Gasteiger partial charge in [-0.1, -0.05) is 24.3 Å². The Balaban J connectivity index is 1.48. The van der Waals surface area contributed by atoms with Crippen LogP contribution in [-0.2, 0) is 24.2 Å². The Labute approximate surface area is 161 Å². The first-order chi connectivity index (χ1) is 13.5. The van der Waals surface area contributed by atoms with Gasteiger partial charge in [-0.25, -0.2) is 9.37 Å². The molecule has 6 nitrogen and oxygen atoms in total. The van der Waals surface area contributed by atoms with Crippen LogP contribution < -0.4 is 5.73 Å². The van der Waals surface area contributed by atoms with Crippen molar-refractivity contribution in [3.05, 3.63) is 76.9 Å². The van der Waals surface area contributed by atoms with Crippen molar-refractivity contribution in [2.45, 2.75) is 19.4 Å². The van der Waals surface area contributed by atoms with E-state index in [0.29, 0.717) is 36.5 Å². The Morgan fingerprint density at radius 1 is 1.18 bits per heavy atom. The van der Waals surface area contributed by atoms with Gasteiger partial charge < -0.3 is 15.6 Å². The fourth-order valence-corrected chi connectivity index (χ4v) is 3.37. The number of hydrogen-bond donors (Lipinski definition) is 2. The number of carbonyl (C=O) groups excluding carboxylic acids is 2. The number of rotatable bonds is 4. The van der Waals surface area contributed by atoms with Crippen molar-refractivity contribution in [3.63, 3.8) is 0 Å². The molecule has 3 aromatic rings. The molecule has 7 heteroatoms. The van der Waals surface area contributed by atoms with Crippen LogP contribution in [0.25, 0.3) is 11.4 Å². The molecule has 1 aromatic heterocycles. The molecule has 0 saturated carbocycles. The maximum absolute atomic E-state index is 13.3. The van der Waals surface area contributed by atoms with Gasteiger partial charge in [-0.2, -0.15) is 0 Å². The lowest BCUT2D eigenvalue weighted by Gasteiger charge is -2.26. The summed E-state index contributed by atoms with van der Waals surface area (Å²) in [5.74, 6) is -0.164. The molecule has 2 heterocycles. The van der Waals surface area contributed by atoms with Crippen molar-refractivity contribution in [2.75, 3.05) is 6.54 Å². The fraction of sp³-hybridized carbons (Fsp3) is 0.190. The highest BCUT2D eigenvalue weighted by Gasteiger charge is 2.24. The Morgan fingerprint density at radius 2 is 1.96 bits per heavy atom. The lowest BCUT2D eigenvalue weighted by molar-refractivity contribution is -0.131. The highest BCUT2D eigenvalue weighted by molar-refractivity contribution is 5.93. The Bertz CT molecular complexity index is 1040. The van der Waals surface area contributed by atoms with Gasteiger partial charge in [-0.3, -0.25) is 9.59 Å². The van der Waals surface area contributed by atoms with Crippen molar-refractivity contribution in [3.8, 4) is 11.4 Å². The van der Waals surface area contributed by atoms with Crippen LogP contribution in [0.2, 0.25) is 0 Å². The molecule has 28 heavy (non-hydrogen) atoms. The van der Waals surface area contributed by atoms with Crippen molar-refractivity contribution >= 4 is 11.8 Å². The molecule has 0 saturated heterocycles. The summed E-state index contributed by atoms with van der Waals surface area (Å²) in [6.07, 6.45) is 0.822. The number of nitrogens with one attached hydrogen (secondary N) is 1. The number of amides is 2. The molecule has 1 aliphatic heterocycles. The lowest BCUT2D eigenvalue weighted by Crippen LogP contribution is -2.37. The van der Waals surface area contributed by atoms with E-state index in [0.717, 1.165) is 17.0 Å². The monoisotopic (exact) mass is 378 g/mol. The summed E-state index contributed by atoms with van der Waals surface area (Å²) in [4.78, 5) is 33.4. The van der Waals surface area contributed by atoms with Crippen LogP contribution in [0.1, 0.15) is 27.3 Å². The van der Waals surface area contributed by atoms with E-state index < -0.39 is 5.91 Å². The van der Waals surface area contributed by atoms with Gasteiger partial charge in [0.1, 0.15) is 11.6 Å². The predicted octanol–water partition coefficient (Wildman–Crippen LogP) is 2.44. The topological polar surface area (TPSA) is 92.1 Å². The summed E-state index contributed by atoms with van der Waals surface area (Å²) in [5.41, 5.74) is 9.04. The molecule has 4 rings (SSSR count). The average molecular weight is 378 g/mol. The first-order valence-corrected chi connectivity index (χ1v) is 9.00. The van der Waals surface area contributed by atoms with E-state index in [2.05, 4.69) is 9.97 Å². The van der Waals surface area contributed by atoms with Crippen LogP contribution in [0.5, 0.6) is 0 Å². The van der Waals surface area contributed by atoms with E-state index in [9.17, 15) is 14.0 Å². The van der Waals surface area contributed by atoms with E-state index in [1.165, 1.54) is 12.1 Å². The van der Waals surface area contributed by atoms with E-state index in [1.54, 1.807) is 41.3 Å². The van der Waals surface area contributed by atoms with E-state index in [1.807, 2.05) is 0 Å². The van der Waals surface area contributed by atoms with Crippen LogP contribution in [0.4, 0.5) is 4.39 Å². The molecular formula is C21H19FN4O2. The van der Waals surface area contributed by atoms with Crippen LogP contribution in [0.3, 0.4) is 0 Å². The average Bonchev–Trinajstić information content (AvgIpc) is 3.11. The zero-order valence-electron chi connectivity index (χ0n) is 15.1. The second kappa shape index (κ2) is 7.26. The SMILES string of the molecule is NC(=O)c1ccc(-c2nc3c([nH]2)CN(C(=O)Cc2cccc(F)c2)CC3)cc1. The molecule has 0 radical (unpaired) electrons. The van der Waals surface area contributed by atoms with Gasteiger partial charge in [0.05, 0.1) is 24.4 Å². The molecule has 0 atom stereocenters. The molecule has 0 bridgehead atoms. The Kier molecular flexibility index (Phi) is 4.65.